The summed E-state index contributed by atoms with van der Waals surface area (Å²) in [7, 11) is 0. The van der Waals surface area contributed by atoms with Crippen molar-refractivity contribution in [2.24, 2.45) is 0 Å². The van der Waals surface area contributed by atoms with Crippen LogP contribution in [0.3, 0.4) is 0 Å². The molecule has 0 aromatic heterocycles. The summed E-state index contributed by atoms with van der Waals surface area (Å²) in [4.78, 5) is 11.8. The molecule has 0 atom stereocenters. The maximum absolute atomic E-state index is 12.3. The maximum Gasteiger partial charge on any atom is 0.387 e. The highest BCUT2D eigenvalue weighted by Gasteiger charge is 2.07. The second-order valence-corrected chi connectivity index (χ2v) is 4.97. The van der Waals surface area contributed by atoms with Crippen LogP contribution in [0.25, 0.3) is 6.08 Å². The molecule has 0 bridgehead atoms. The third-order valence-electron chi connectivity index (χ3n) is 2.96. The molecule has 0 heterocycles. The third-order valence-corrected chi connectivity index (χ3v) is 3.33. The van der Waals surface area contributed by atoms with Gasteiger partial charge in [-0.2, -0.15) is 8.78 Å². The lowest BCUT2D eigenvalue weighted by atomic mass is 10.2. The van der Waals surface area contributed by atoms with Gasteiger partial charge >= 0.3 is 6.61 Å². The Morgan fingerprint density at radius 3 is 2.61 bits per heavy atom. The van der Waals surface area contributed by atoms with Crippen LogP contribution in [0, 0.1) is 0 Å². The molecule has 0 saturated carbocycles. The number of ether oxygens (including phenoxy) is 1. The van der Waals surface area contributed by atoms with Crippen LogP contribution in [0.4, 0.5) is 8.78 Å². The van der Waals surface area contributed by atoms with Crippen molar-refractivity contribution in [2.45, 2.75) is 13.2 Å². The van der Waals surface area contributed by atoms with Gasteiger partial charge in [0.1, 0.15) is 5.75 Å². The molecule has 1 amide bonds. The van der Waals surface area contributed by atoms with E-state index in [-0.39, 0.29) is 18.2 Å². The van der Waals surface area contributed by atoms with E-state index in [1.165, 1.54) is 18.2 Å². The minimum Gasteiger partial charge on any atom is -0.434 e. The SMILES string of the molecule is O=C(/C=C/c1ccccc1OC(F)F)NCc1ccccc1Cl. The molecule has 23 heavy (non-hydrogen) atoms. The van der Waals surface area contributed by atoms with E-state index < -0.39 is 6.61 Å². The van der Waals surface area contributed by atoms with Gasteiger partial charge < -0.3 is 10.1 Å². The quantitative estimate of drug-likeness (QED) is 0.799. The van der Waals surface area contributed by atoms with Crippen molar-refractivity contribution in [1.82, 2.24) is 5.32 Å². The minimum absolute atomic E-state index is 0.0117. The van der Waals surface area contributed by atoms with Crippen molar-refractivity contribution in [2.75, 3.05) is 0 Å². The lowest BCUT2D eigenvalue weighted by molar-refractivity contribution is -0.116. The average Bonchev–Trinajstić information content (AvgIpc) is 2.53. The molecular formula is C17H14ClF2NO2. The van der Waals surface area contributed by atoms with Crippen LogP contribution >= 0.6 is 11.6 Å². The van der Waals surface area contributed by atoms with E-state index in [0.29, 0.717) is 10.6 Å². The van der Waals surface area contributed by atoms with E-state index in [0.717, 1.165) is 5.56 Å². The zero-order chi connectivity index (χ0) is 16.7. The van der Waals surface area contributed by atoms with Crippen molar-refractivity contribution in [3.63, 3.8) is 0 Å². The number of rotatable bonds is 6. The number of hydrogen-bond donors (Lipinski definition) is 1. The fourth-order valence-corrected chi connectivity index (χ4v) is 2.07. The van der Waals surface area contributed by atoms with E-state index in [1.54, 1.807) is 36.4 Å². The second-order valence-electron chi connectivity index (χ2n) is 4.56. The maximum atomic E-state index is 12.3. The first-order chi connectivity index (χ1) is 11.1. The first-order valence-electron chi connectivity index (χ1n) is 6.79. The van der Waals surface area contributed by atoms with Gasteiger partial charge in [0.15, 0.2) is 0 Å². The molecule has 0 aliphatic carbocycles. The Morgan fingerprint density at radius 2 is 1.87 bits per heavy atom. The first-order valence-corrected chi connectivity index (χ1v) is 7.17. The van der Waals surface area contributed by atoms with Gasteiger partial charge in [-0.3, -0.25) is 4.79 Å². The average molecular weight is 338 g/mol. The summed E-state index contributed by atoms with van der Waals surface area (Å²) in [5.74, 6) is -0.352. The molecule has 3 nitrogen and oxygen atoms in total. The summed E-state index contributed by atoms with van der Waals surface area (Å²) in [6, 6.07) is 13.4. The molecule has 0 saturated heterocycles. The Morgan fingerprint density at radius 1 is 1.17 bits per heavy atom. The van der Waals surface area contributed by atoms with Gasteiger partial charge in [-0.05, 0) is 23.8 Å². The molecule has 0 unspecified atom stereocenters. The molecule has 2 aromatic rings. The zero-order valence-corrected chi connectivity index (χ0v) is 12.8. The number of carbonyl (C=O) groups is 1. The van der Waals surface area contributed by atoms with Gasteiger partial charge in [0.25, 0.3) is 0 Å². The Balaban J connectivity index is 1.98. The van der Waals surface area contributed by atoms with Crippen molar-refractivity contribution < 1.29 is 18.3 Å². The number of halogens is 3. The lowest BCUT2D eigenvalue weighted by Crippen LogP contribution is -2.20. The van der Waals surface area contributed by atoms with E-state index in [1.807, 2.05) is 6.07 Å². The molecule has 120 valence electrons. The number of nitrogens with one attached hydrogen (secondary N) is 1. The number of benzene rings is 2. The largest absolute Gasteiger partial charge is 0.434 e. The van der Waals surface area contributed by atoms with Crippen LogP contribution in [0.2, 0.25) is 5.02 Å². The second kappa shape index (κ2) is 8.29. The number of amides is 1. The van der Waals surface area contributed by atoms with Crippen molar-refractivity contribution in [3.8, 4) is 5.75 Å². The van der Waals surface area contributed by atoms with Gasteiger partial charge in [-0.15, -0.1) is 0 Å². The van der Waals surface area contributed by atoms with Gasteiger partial charge in [-0.25, -0.2) is 0 Å². The van der Waals surface area contributed by atoms with Crippen LogP contribution in [-0.4, -0.2) is 12.5 Å². The van der Waals surface area contributed by atoms with Crippen molar-refractivity contribution in [3.05, 3.63) is 70.8 Å². The molecule has 0 aliphatic rings. The molecule has 0 aliphatic heterocycles. The predicted octanol–water partition coefficient (Wildman–Crippen LogP) is 4.27. The zero-order valence-electron chi connectivity index (χ0n) is 12.0. The van der Waals surface area contributed by atoms with Crippen LogP contribution in [0.1, 0.15) is 11.1 Å². The summed E-state index contributed by atoms with van der Waals surface area (Å²) < 4.78 is 29.0. The minimum atomic E-state index is -2.92. The summed E-state index contributed by atoms with van der Waals surface area (Å²) in [6.07, 6.45) is 2.67. The Kier molecular flexibility index (Phi) is 6.11. The number of hydrogen-bond acceptors (Lipinski definition) is 2. The fourth-order valence-electron chi connectivity index (χ4n) is 1.87. The van der Waals surface area contributed by atoms with Crippen molar-refractivity contribution in [1.29, 1.82) is 0 Å². The summed E-state index contributed by atoms with van der Waals surface area (Å²) in [6.45, 7) is -2.64. The molecule has 0 fully saturated rings. The monoisotopic (exact) mass is 337 g/mol. The lowest BCUT2D eigenvalue weighted by Gasteiger charge is -2.07. The van der Waals surface area contributed by atoms with Crippen LogP contribution in [0.15, 0.2) is 54.6 Å². The van der Waals surface area contributed by atoms with Crippen LogP contribution < -0.4 is 10.1 Å². The molecular weight excluding hydrogens is 324 g/mol. The number of para-hydroxylation sites is 1. The van der Waals surface area contributed by atoms with Gasteiger partial charge in [-0.1, -0.05) is 48.0 Å². The third kappa shape index (κ3) is 5.38. The first kappa shape index (κ1) is 17.0. The van der Waals surface area contributed by atoms with Gasteiger partial charge in [0.05, 0.1) is 0 Å². The van der Waals surface area contributed by atoms with Gasteiger partial charge in [0.2, 0.25) is 5.91 Å². The summed E-state index contributed by atoms with van der Waals surface area (Å²) in [5.41, 5.74) is 1.18. The number of carbonyl (C=O) groups excluding carboxylic acids is 1. The standard InChI is InChI=1S/C17H14ClF2NO2/c18-14-7-3-1-6-13(14)11-21-16(22)10-9-12-5-2-4-8-15(12)23-17(19)20/h1-10,17H,11H2,(H,21,22)/b10-9+. The molecule has 6 heteroatoms. The van der Waals surface area contributed by atoms with E-state index in [2.05, 4.69) is 10.1 Å². The Hall–Kier alpha value is -2.40. The number of alkyl halides is 2. The fraction of sp³-hybridized carbons (Fsp3) is 0.118. The Bertz CT molecular complexity index is 704. The Labute approximate surface area is 137 Å². The van der Waals surface area contributed by atoms with E-state index in [9.17, 15) is 13.6 Å². The highest BCUT2D eigenvalue weighted by Crippen LogP contribution is 2.21. The molecule has 2 aromatic carbocycles. The van der Waals surface area contributed by atoms with Crippen LogP contribution in [0.5, 0.6) is 5.75 Å². The molecule has 1 N–H and O–H groups in total. The van der Waals surface area contributed by atoms with Crippen LogP contribution in [-0.2, 0) is 11.3 Å². The predicted molar refractivity (Wildman–Crippen MR) is 85.4 cm³/mol. The summed E-state index contributed by atoms with van der Waals surface area (Å²) >= 11 is 5.99. The normalized spacial score (nSPS) is 11.0. The van der Waals surface area contributed by atoms with Gasteiger partial charge in [0, 0.05) is 23.2 Å². The topological polar surface area (TPSA) is 38.3 Å². The van der Waals surface area contributed by atoms with Crippen molar-refractivity contribution >= 4 is 23.6 Å². The molecule has 0 radical (unpaired) electrons. The molecule has 2 rings (SSSR count). The molecule has 0 spiro atoms. The highest BCUT2D eigenvalue weighted by molar-refractivity contribution is 6.31. The smallest absolute Gasteiger partial charge is 0.387 e. The van der Waals surface area contributed by atoms with E-state index >= 15 is 0 Å². The summed E-state index contributed by atoms with van der Waals surface area (Å²) in [5, 5.41) is 3.23. The van der Waals surface area contributed by atoms with E-state index in [4.69, 9.17) is 11.6 Å². The highest BCUT2D eigenvalue weighted by atomic mass is 35.5.